The van der Waals surface area contributed by atoms with Gasteiger partial charge in [-0.25, -0.2) is 0 Å². The van der Waals surface area contributed by atoms with E-state index in [0.717, 1.165) is 29.5 Å². The molecule has 0 unspecified atom stereocenters. The zero-order valence-corrected chi connectivity index (χ0v) is 17.7. The van der Waals surface area contributed by atoms with Crippen molar-refractivity contribution < 1.29 is 9.59 Å². The summed E-state index contributed by atoms with van der Waals surface area (Å²) < 4.78 is 0. The quantitative estimate of drug-likeness (QED) is 0.709. The van der Waals surface area contributed by atoms with Crippen LogP contribution in [-0.4, -0.2) is 40.5 Å². The van der Waals surface area contributed by atoms with E-state index in [-0.39, 0.29) is 17.2 Å². The van der Waals surface area contributed by atoms with E-state index >= 15 is 0 Å². The van der Waals surface area contributed by atoms with Gasteiger partial charge in [0.2, 0.25) is 5.91 Å². The maximum Gasteiger partial charge on any atom is 0.253 e. The van der Waals surface area contributed by atoms with Crippen molar-refractivity contribution in [1.29, 1.82) is 0 Å². The Labute approximate surface area is 177 Å². The summed E-state index contributed by atoms with van der Waals surface area (Å²) in [5.41, 5.74) is 2.94. The van der Waals surface area contributed by atoms with Crippen molar-refractivity contribution in [1.82, 2.24) is 9.80 Å². The predicted molar refractivity (Wildman–Crippen MR) is 118 cm³/mol. The van der Waals surface area contributed by atoms with Crippen LogP contribution in [0.3, 0.4) is 0 Å². The first-order valence-electron chi connectivity index (χ1n) is 10.5. The fourth-order valence-corrected chi connectivity index (χ4v) is 5.50. The number of nitrogens with zero attached hydrogens (tertiary/aromatic N) is 2. The molecule has 0 bridgehead atoms. The second-order valence-corrected chi connectivity index (χ2v) is 9.07. The maximum absolute atomic E-state index is 12.9. The Morgan fingerprint density at radius 1 is 1.03 bits per heavy atom. The van der Waals surface area contributed by atoms with Crippen molar-refractivity contribution in [2.75, 3.05) is 12.8 Å². The van der Waals surface area contributed by atoms with Crippen molar-refractivity contribution >= 4 is 23.6 Å². The standard InChI is InChI=1S/C24H28N2O2S/c1-25(21-10-6-3-7-11-21)23(28)19-12-14-20(15-13-19)24-26(22(27)17-29-24)16-18-8-4-2-5-9-18/h2,4-5,8-9,12-15,21,24H,3,6-7,10-11,16-17H2,1H3/t24-/m1/s1. The molecule has 2 aliphatic rings. The molecule has 2 amide bonds. The van der Waals surface area contributed by atoms with E-state index < -0.39 is 0 Å². The molecule has 1 saturated heterocycles. The van der Waals surface area contributed by atoms with Crippen LogP contribution >= 0.6 is 11.8 Å². The van der Waals surface area contributed by atoms with Crippen LogP contribution in [0.2, 0.25) is 0 Å². The molecule has 4 rings (SSSR count). The van der Waals surface area contributed by atoms with Gasteiger partial charge in [0.25, 0.3) is 5.91 Å². The van der Waals surface area contributed by atoms with Gasteiger partial charge in [-0.3, -0.25) is 9.59 Å². The molecule has 2 aromatic carbocycles. The molecule has 5 heteroatoms. The lowest BCUT2D eigenvalue weighted by Gasteiger charge is -2.31. The lowest BCUT2D eigenvalue weighted by atomic mass is 9.94. The van der Waals surface area contributed by atoms with Gasteiger partial charge in [-0.1, -0.05) is 61.7 Å². The largest absolute Gasteiger partial charge is 0.339 e. The van der Waals surface area contributed by atoms with Crippen LogP contribution < -0.4 is 0 Å². The molecule has 1 heterocycles. The summed E-state index contributed by atoms with van der Waals surface area (Å²) in [6.45, 7) is 0.614. The van der Waals surface area contributed by atoms with E-state index in [9.17, 15) is 9.59 Å². The SMILES string of the molecule is CN(C(=O)c1ccc([C@H]2SCC(=O)N2Cc2ccccc2)cc1)C1CCCCC1. The van der Waals surface area contributed by atoms with E-state index in [2.05, 4.69) is 12.1 Å². The van der Waals surface area contributed by atoms with Crippen molar-refractivity contribution in [2.24, 2.45) is 0 Å². The van der Waals surface area contributed by atoms with Gasteiger partial charge in [-0.2, -0.15) is 0 Å². The summed E-state index contributed by atoms with van der Waals surface area (Å²) in [6.07, 6.45) is 5.92. The molecule has 4 nitrogen and oxygen atoms in total. The lowest BCUT2D eigenvalue weighted by Crippen LogP contribution is -2.38. The highest BCUT2D eigenvalue weighted by Crippen LogP contribution is 2.39. The lowest BCUT2D eigenvalue weighted by molar-refractivity contribution is -0.128. The van der Waals surface area contributed by atoms with Gasteiger partial charge in [0, 0.05) is 25.2 Å². The van der Waals surface area contributed by atoms with Gasteiger partial charge < -0.3 is 9.80 Å². The molecular formula is C24H28N2O2S. The summed E-state index contributed by atoms with van der Waals surface area (Å²) in [5, 5.41) is 0.00272. The topological polar surface area (TPSA) is 40.6 Å². The highest BCUT2D eigenvalue weighted by atomic mass is 32.2. The molecule has 0 aromatic heterocycles. The van der Waals surface area contributed by atoms with Crippen LogP contribution in [0.5, 0.6) is 0 Å². The molecule has 2 fully saturated rings. The molecule has 1 atom stereocenters. The Balaban J connectivity index is 1.46. The summed E-state index contributed by atoms with van der Waals surface area (Å²) in [4.78, 5) is 29.2. The first-order valence-corrected chi connectivity index (χ1v) is 11.5. The second-order valence-electron chi connectivity index (χ2n) is 8.00. The van der Waals surface area contributed by atoms with Gasteiger partial charge in [0.1, 0.15) is 5.37 Å². The van der Waals surface area contributed by atoms with Crippen molar-refractivity contribution in [3.63, 3.8) is 0 Å². The van der Waals surface area contributed by atoms with Crippen molar-refractivity contribution in [2.45, 2.75) is 50.1 Å². The molecular weight excluding hydrogens is 380 g/mol. The molecule has 0 spiro atoms. The van der Waals surface area contributed by atoms with Gasteiger partial charge in [-0.15, -0.1) is 11.8 Å². The molecule has 1 aliphatic heterocycles. The van der Waals surface area contributed by atoms with Gasteiger partial charge in [0.05, 0.1) is 5.75 Å². The second kappa shape index (κ2) is 9.04. The normalized spacial score (nSPS) is 20.1. The van der Waals surface area contributed by atoms with Gasteiger partial charge >= 0.3 is 0 Å². The van der Waals surface area contributed by atoms with Crippen molar-refractivity contribution in [3.05, 3.63) is 71.3 Å². The van der Waals surface area contributed by atoms with Crippen LogP contribution in [-0.2, 0) is 11.3 Å². The smallest absolute Gasteiger partial charge is 0.253 e. The Morgan fingerprint density at radius 3 is 2.41 bits per heavy atom. The van der Waals surface area contributed by atoms with E-state index in [1.807, 2.05) is 59.3 Å². The van der Waals surface area contributed by atoms with Gasteiger partial charge in [-0.05, 0) is 36.1 Å². The van der Waals surface area contributed by atoms with Crippen LogP contribution in [0.15, 0.2) is 54.6 Å². The fourth-order valence-electron chi connectivity index (χ4n) is 4.31. The Morgan fingerprint density at radius 2 is 1.72 bits per heavy atom. The Kier molecular flexibility index (Phi) is 6.24. The Hall–Kier alpha value is -2.27. The number of amides is 2. The third-order valence-electron chi connectivity index (χ3n) is 6.05. The molecule has 0 radical (unpaired) electrons. The highest BCUT2D eigenvalue weighted by Gasteiger charge is 2.33. The predicted octanol–water partition coefficient (Wildman–Crippen LogP) is 4.87. The molecule has 1 aliphatic carbocycles. The highest BCUT2D eigenvalue weighted by molar-refractivity contribution is 8.00. The zero-order chi connectivity index (χ0) is 20.2. The average molecular weight is 409 g/mol. The molecule has 1 saturated carbocycles. The summed E-state index contributed by atoms with van der Waals surface area (Å²) in [6, 6.07) is 18.3. The minimum atomic E-state index is 0.00272. The fraction of sp³-hybridized carbons (Fsp3) is 0.417. The maximum atomic E-state index is 12.9. The minimum Gasteiger partial charge on any atom is -0.339 e. The first-order chi connectivity index (χ1) is 14.1. The van der Waals surface area contributed by atoms with E-state index in [1.54, 1.807) is 11.8 Å². The Bertz CT molecular complexity index is 847. The molecule has 29 heavy (non-hydrogen) atoms. The summed E-state index contributed by atoms with van der Waals surface area (Å²) in [5.74, 6) is 0.767. The minimum absolute atomic E-state index is 0.00272. The zero-order valence-electron chi connectivity index (χ0n) is 16.9. The van der Waals surface area contributed by atoms with Crippen LogP contribution in [0.4, 0.5) is 0 Å². The number of hydrogen-bond acceptors (Lipinski definition) is 3. The number of rotatable bonds is 5. The van der Waals surface area contributed by atoms with Crippen LogP contribution in [0.1, 0.15) is 59.0 Å². The van der Waals surface area contributed by atoms with E-state index in [0.29, 0.717) is 18.3 Å². The summed E-state index contributed by atoms with van der Waals surface area (Å²) in [7, 11) is 1.93. The number of carbonyl (C=O) groups excluding carboxylic acids is 2. The number of thioether (sulfide) groups is 1. The third-order valence-corrected chi connectivity index (χ3v) is 7.31. The van der Waals surface area contributed by atoms with E-state index in [1.165, 1.54) is 19.3 Å². The monoisotopic (exact) mass is 408 g/mol. The number of benzene rings is 2. The number of carbonyl (C=O) groups is 2. The van der Waals surface area contributed by atoms with Crippen molar-refractivity contribution in [3.8, 4) is 0 Å². The van der Waals surface area contributed by atoms with Crippen LogP contribution in [0.25, 0.3) is 0 Å². The average Bonchev–Trinajstić information content (AvgIpc) is 3.14. The first kappa shape index (κ1) is 20.0. The summed E-state index contributed by atoms with van der Waals surface area (Å²) >= 11 is 1.66. The molecule has 152 valence electrons. The van der Waals surface area contributed by atoms with Crippen LogP contribution in [0, 0.1) is 0 Å². The molecule has 0 N–H and O–H groups in total. The molecule has 2 aromatic rings. The third kappa shape index (κ3) is 4.50. The van der Waals surface area contributed by atoms with E-state index in [4.69, 9.17) is 0 Å². The van der Waals surface area contributed by atoms with Gasteiger partial charge in [0.15, 0.2) is 0 Å². The number of hydrogen-bond donors (Lipinski definition) is 0.